The van der Waals surface area contributed by atoms with Gasteiger partial charge < -0.3 is 10.5 Å². The van der Waals surface area contributed by atoms with E-state index in [4.69, 9.17) is 22.7 Å². The van der Waals surface area contributed by atoms with E-state index in [1.165, 1.54) is 0 Å². The van der Waals surface area contributed by atoms with Crippen molar-refractivity contribution in [2.45, 2.75) is 26.6 Å². The van der Waals surface area contributed by atoms with Gasteiger partial charge in [0.25, 0.3) is 0 Å². The zero-order valence-corrected chi connectivity index (χ0v) is 9.30. The lowest BCUT2D eigenvalue weighted by Gasteiger charge is -2.08. The first-order valence-electron chi connectivity index (χ1n) is 4.60. The molecule has 0 unspecified atom stereocenters. The van der Waals surface area contributed by atoms with E-state index in [9.17, 15) is 0 Å². The summed E-state index contributed by atoms with van der Waals surface area (Å²) < 4.78 is 5.48. The van der Waals surface area contributed by atoms with Gasteiger partial charge in [0.05, 0.1) is 12.7 Å². The Hall–Kier alpha value is -0.930. The Kier molecular flexibility index (Phi) is 4.04. The molecule has 0 heterocycles. The van der Waals surface area contributed by atoms with Gasteiger partial charge in [0.2, 0.25) is 0 Å². The minimum Gasteiger partial charge on any atom is -0.389 e. The Morgan fingerprint density at radius 3 is 2.79 bits per heavy atom. The number of rotatable bonds is 4. The molecule has 0 bridgehead atoms. The van der Waals surface area contributed by atoms with E-state index in [0.717, 1.165) is 11.1 Å². The molecule has 0 saturated heterocycles. The van der Waals surface area contributed by atoms with Crippen molar-refractivity contribution in [3.05, 3.63) is 35.4 Å². The average molecular weight is 209 g/mol. The average Bonchev–Trinajstić information content (AvgIpc) is 2.15. The summed E-state index contributed by atoms with van der Waals surface area (Å²) >= 11 is 4.89. The SMILES string of the molecule is CC(C)OCc1cccc(C(N)=S)c1. The van der Waals surface area contributed by atoms with Gasteiger partial charge in [-0.15, -0.1) is 0 Å². The third-order valence-electron chi connectivity index (χ3n) is 1.79. The van der Waals surface area contributed by atoms with Crippen molar-refractivity contribution >= 4 is 17.2 Å². The molecular formula is C11H15NOS. The first-order valence-corrected chi connectivity index (χ1v) is 5.01. The summed E-state index contributed by atoms with van der Waals surface area (Å²) in [6, 6.07) is 7.81. The number of benzene rings is 1. The largest absolute Gasteiger partial charge is 0.389 e. The van der Waals surface area contributed by atoms with E-state index in [1.807, 2.05) is 38.1 Å². The van der Waals surface area contributed by atoms with E-state index in [1.54, 1.807) is 0 Å². The van der Waals surface area contributed by atoms with Crippen molar-refractivity contribution in [2.24, 2.45) is 5.73 Å². The van der Waals surface area contributed by atoms with Crippen LogP contribution in [-0.2, 0) is 11.3 Å². The highest BCUT2D eigenvalue weighted by atomic mass is 32.1. The normalized spacial score (nSPS) is 10.5. The third kappa shape index (κ3) is 3.44. The summed E-state index contributed by atoms with van der Waals surface area (Å²) in [4.78, 5) is 0.427. The third-order valence-corrected chi connectivity index (χ3v) is 2.03. The first-order chi connectivity index (χ1) is 6.59. The minimum atomic E-state index is 0.239. The lowest BCUT2D eigenvalue weighted by atomic mass is 10.1. The molecule has 1 aromatic rings. The summed E-state index contributed by atoms with van der Waals surface area (Å²) in [6.07, 6.45) is 0.239. The topological polar surface area (TPSA) is 35.2 Å². The number of nitrogens with two attached hydrogens (primary N) is 1. The number of hydrogen-bond donors (Lipinski definition) is 1. The summed E-state index contributed by atoms with van der Waals surface area (Å²) in [5, 5.41) is 0. The van der Waals surface area contributed by atoms with Crippen LogP contribution in [0.5, 0.6) is 0 Å². The van der Waals surface area contributed by atoms with Crippen molar-refractivity contribution < 1.29 is 4.74 Å². The van der Waals surface area contributed by atoms with Gasteiger partial charge in [0.15, 0.2) is 0 Å². The van der Waals surface area contributed by atoms with Gasteiger partial charge in [-0.05, 0) is 25.5 Å². The van der Waals surface area contributed by atoms with Crippen LogP contribution in [0.15, 0.2) is 24.3 Å². The number of ether oxygens (including phenoxy) is 1. The van der Waals surface area contributed by atoms with Crippen molar-refractivity contribution in [3.63, 3.8) is 0 Å². The van der Waals surface area contributed by atoms with Gasteiger partial charge in [0, 0.05) is 5.56 Å². The maximum absolute atomic E-state index is 5.53. The molecule has 0 spiro atoms. The Morgan fingerprint density at radius 1 is 1.50 bits per heavy atom. The molecule has 0 aliphatic carbocycles. The summed E-state index contributed by atoms with van der Waals surface area (Å²) in [5.41, 5.74) is 7.52. The van der Waals surface area contributed by atoms with Gasteiger partial charge in [0.1, 0.15) is 4.99 Å². The molecule has 0 aliphatic heterocycles. The van der Waals surface area contributed by atoms with Crippen LogP contribution in [0.1, 0.15) is 25.0 Å². The van der Waals surface area contributed by atoms with Crippen LogP contribution in [-0.4, -0.2) is 11.1 Å². The lowest BCUT2D eigenvalue weighted by molar-refractivity contribution is 0.0657. The predicted octanol–water partition coefficient (Wildman–Crippen LogP) is 2.25. The molecule has 0 radical (unpaired) electrons. The molecule has 3 heteroatoms. The van der Waals surface area contributed by atoms with Crippen molar-refractivity contribution in [1.82, 2.24) is 0 Å². The molecule has 0 aromatic heterocycles. The molecule has 1 aromatic carbocycles. The quantitative estimate of drug-likeness (QED) is 0.772. The summed E-state index contributed by atoms with van der Waals surface area (Å²) in [7, 11) is 0. The summed E-state index contributed by atoms with van der Waals surface area (Å²) in [5.74, 6) is 0. The zero-order chi connectivity index (χ0) is 10.6. The highest BCUT2D eigenvalue weighted by Gasteiger charge is 1.99. The Labute approximate surface area is 90.1 Å². The van der Waals surface area contributed by atoms with E-state index in [2.05, 4.69) is 0 Å². The van der Waals surface area contributed by atoms with Gasteiger partial charge in [-0.25, -0.2) is 0 Å². The zero-order valence-electron chi connectivity index (χ0n) is 8.49. The van der Waals surface area contributed by atoms with Crippen LogP contribution in [0.25, 0.3) is 0 Å². The molecule has 2 N–H and O–H groups in total. The second-order valence-corrected chi connectivity index (χ2v) is 3.86. The molecule has 0 fully saturated rings. The Bertz CT molecular complexity index is 323. The second kappa shape index (κ2) is 5.08. The number of thiocarbonyl (C=S) groups is 1. The van der Waals surface area contributed by atoms with Crippen molar-refractivity contribution in [1.29, 1.82) is 0 Å². The van der Waals surface area contributed by atoms with Gasteiger partial charge in [-0.3, -0.25) is 0 Å². The predicted molar refractivity (Wildman–Crippen MR) is 62.3 cm³/mol. The van der Waals surface area contributed by atoms with Gasteiger partial charge in [-0.2, -0.15) is 0 Å². The van der Waals surface area contributed by atoms with Crippen molar-refractivity contribution in [2.75, 3.05) is 0 Å². The smallest absolute Gasteiger partial charge is 0.103 e. The van der Waals surface area contributed by atoms with Crippen LogP contribution in [0.3, 0.4) is 0 Å². The van der Waals surface area contributed by atoms with Gasteiger partial charge in [-0.1, -0.05) is 30.4 Å². The molecule has 0 aliphatic rings. The standard InChI is InChI=1S/C11H15NOS/c1-8(2)13-7-9-4-3-5-10(6-9)11(12)14/h3-6,8H,7H2,1-2H3,(H2,12,14). The maximum Gasteiger partial charge on any atom is 0.103 e. The van der Waals surface area contributed by atoms with Crippen LogP contribution < -0.4 is 5.73 Å². The van der Waals surface area contributed by atoms with E-state index < -0.39 is 0 Å². The van der Waals surface area contributed by atoms with Gasteiger partial charge >= 0.3 is 0 Å². The van der Waals surface area contributed by atoms with E-state index in [-0.39, 0.29) is 6.10 Å². The molecule has 2 nitrogen and oxygen atoms in total. The fraction of sp³-hybridized carbons (Fsp3) is 0.364. The molecule has 1 rings (SSSR count). The molecule has 14 heavy (non-hydrogen) atoms. The Balaban J connectivity index is 2.69. The number of hydrogen-bond acceptors (Lipinski definition) is 2. The van der Waals surface area contributed by atoms with E-state index in [0.29, 0.717) is 11.6 Å². The molecule has 76 valence electrons. The lowest BCUT2D eigenvalue weighted by Crippen LogP contribution is -2.10. The van der Waals surface area contributed by atoms with Crippen LogP contribution in [0.4, 0.5) is 0 Å². The Morgan fingerprint density at radius 2 is 2.21 bits per heavy atom. The van der Waals surface area contributed by atoms with Crippen molar-refractivity contribution in [3.8, 4) is 0 Å². The van der Waals surface area contributed by atoms with Crippen LogP contribution >= 0.6 is 12.2 Å². The highest BCUT2D eigenvalue weighted by molar-refractivity contribution is 7.80. The molecule has 0 amide bonds. The van der Waals surface area contributed by atoms with E-state index >= 15 is 0 Å². The minimum absolute atomic E-state index is 0.239. The molecule has 0 saturated carbocycles. The van der Waals surface area contributed by atoms with Crippen LogP contribution in [0.2, 0.25) is 0 Å². The second-order valence-electron chi connectivity index (χ2n) is 3.42. The maximum atomic E-state index is 5.53. The molecular weight excluding hydrogens is 194 g/mol. The summed E-state index contributed by atoms with van der Waals surface area (Å²) in [6.45, 7) is 4.63. The molecule has 0 atom stereocenters. The monoisotopic (exact) mass is 209 g/mol. The highest BCUT2D eigenvalue weighted by Crippen LogP contribution is 2.07. The van der Waals surface area contributed by atoms with Crippen LogP contribution in [0, 0.1) is 0 Å². The fourth-order valence-corrected chi connectivity index (χ4v) is 1.20. The fourth-order valence-electron chi connectivity index (χ4n) is 1.08. The first kappa shape index (κ1) is 11.1.